The zero-order chi connectivity index (χ0) is 16.5. The van der Waals surface area contributed by atoms with Crippen LogP contribution in [0.2, 0.25) is 0 Å². The van der Waals surface area contributed by atoms with Crippen LogP contribution in [0.25, 0.3) is 11.5 Å². The molecule has 0 aliphatic carbocycles. The van der Waals surface area contributed by atoms with E-state index in [2.05, 4.69) is 16.2 Å². The maximum atomic E-state index is 12.3. The van der Waals surface area contributed by atoms with Crippen LogP contribution in [0.15, 0.2) is 46.3 Å². The third-order valence-corrected chi connectivity index (χ3v) is 5.18. The lowest BCUT2D eigenvalue weighted by molar-refractivity contribution is -0.128. The van der Waals surface area contributed by atoms with Crippen LogP contribution in [-0.4, -0.2) is 27.5 Å². The maximum absolute atomic E-state index is 12.3. The lowest BCUT2D eigenvalue weighted by Gasteiger charge is -2.14. The van der Waals surface area contributed by atoms with Crippen molar-refractivity contribution >= 4 is 17.2 Å². The van der Waals surface area contributed by atoms with Gasteiger partial charge in [0, 0.05) is 29.3 Å². The van der Waals surface area contributed by atoms with Crippen LogP contribution in [-0.2, 0) is 11.3 Å². The van der Waals surface area contributed by atoms with Crippen LogP contribution in [0.1, 0.15) is 28.6 Å². The third-order valence-electron chi connectivity index (χ3n) is 4.32. The highest BCUT2D eigenvalue weighted by Crippen LogP contribution is 2.30. The number of aromatic nitrogens is 2. The predicted molar refractivity (Wildman–Crippen MR) is 91.6 cm³/mol. The molecule has 24 heavy (non-hydrogen) atoms. The van der Waals surface area contributed by atoms with E-state index in [1.807, 2.05) is 47.5 Å². The van der Waals surface area contributed by atoms with Gasteiger partial charge in [-0.25, -0.2) is 0 Å². The van der Waals surface area contributed by atoms with Crippen molar-refractivity contribution < 1.29 is 9.32 Å². The van der Waals surface area contributed by atoms with Crippen LogP contribution in [0.5, 0.6) is 0 Å². The summed E-state index contributed by atoms with van der Waals surface area (Å²) >= 11 is 1.67. The van der Waals surface area contributed by atoms with Crippen molar-refractivity contribution in [2.45, 2.75) is 25.8 Å². The largest absolute Gasteiger partial charge is 0.337 e. The second-order valence-electron chi connectivity index (χ2n) is 6.03. The number of thiophene rings is 1. The van der Waals surface area contributed by atoms with E-state index in [0.29, 0.717) is 31.2 Å². The molecule has 0 spiro atoms. The molecule has 0 radical (unpaired) electrons. The molecule has 0 N–H and O–H groups in total. The molecule has 1 aromatic carbocycles. The van der Waals surface area contributed by atoms with E-state index >= 15 is 0 Å². The highest BCUT2D eigenvalue weighted by atomic mass is 32.1. The summed E-state index contributed by atoms with van der Waals surface area (Å²) in [5, 5.41) is 6.15. The van der Waals surface area contributed by atoms with Gasteiger partial charge in [-0.05, 0) is 30.0 Å². The van der Waals surface area contributed by atoms with E-state index in [1.165, 1.54) is 4.88 Å². The average molecular weight is 339 g/mol. The van der Waals surface area contributed by atoms with Gasteiger partial charge in [0.25, 0.3) is 5.89 Å². The summed E-state index contributed by atoms with van der Waals surface area (Å²) < 4.78 is 5.43. The number of aryl methyl sites for hydroxylation is 1. The van der Waals surface area contributed by atoms with Crippen molar-refractivity contribution in [2.24, 2.45) is 0 Å². The Kier molecular flexibility index (Phi) is 3.90. The number of carbonyl (C=O) groups excluding carboxylic acids is 1. The minimum atomic E-state index is -0.000944. The average Bonchev–Trinajstić information content (AvgIpc) is 3.30. The molecule has 0 saturated carbocycles. The summed E-state index contributed by atoms with van der Waals surface area (Å²) in [6.45, 7) is 3.32. The van der Waals surface area contributed by atoms with Gasteiger partial charge in [-0.15, -0.1) is 11.3 Å². The zero-order valence-electron chi connectivity index (χ0n) is 13.3. The molecule has 1 saturated heterocycles. The summed E-state index contributed by atoms with van der Waals surface area (Å²) in [6.07, 6.45) is 0.443. The van der Waals surface area contributed by atoms with Gasteiger partial charge >= 0.3 is 0 Å². The predicted octanol–water partition coefficient (Wildman–Crippen LogP) is 3.62. The smallest absolute Gasteiger partial charge is 0.258 e. The number of nitrogens with zero attached hydrogens (tertiary/aromatic N) is 3. The molecule has 0 bridgehead atoms. The minimum Gasteiger partial charge on any atom is -0.337 e. The van der Waals surface area contributed by atoms with Crippen molar-refractivity contribution in [3.8, 4) is 11.5 Å². The molecule has 1 aliphatic heterocycles. The van der Waals surface area contributed by atoms with E-state index in [4.69, 9.17) is 4.52 Å². The molecule has 3 heterocycles. The van der Waals surface area contributed by atoms with Crippen molar-refractivity contribution in [2.75, 3.05) is 6.54 Å². The van der Waals surface area contributed by atoms with E-state index in [9.17, 15) is 4.79 Å². The van der Waals surface area contributed by atoms with Gasteiger partial charge < -0.3 is 9.42 Å². The molecule has 6 heteroatoms. The number of amides is 1. The van der Waals surface area contributed by atoms with E-state index in [1.54, 1.807) is 11.3 Å². The number of hydrogen-bond acceptors (Lipinski definition) is 5. The third kappa shape index (κ3) is 2.85. The molecular formula is C18H17N3O2S. The fraction of sp³-hybridized carbons (Fsp3) is 0.278. The quantitative estimate of drug-likeness (QED) is 0.728. The number of likely N-dealkylation sites (tertiary alicyclic amines) is 1. The molecule has 4 rings (SSSR count). The molecule has 3 aromatic rings. The molecule has 1 atom stereocenters. The van der Waals surface area contributed by atoms with Crippen LogP contribution < -0.4 is 0 Å². The van der Waals surface area contributed by atoms with E-state index in [0.717, 1.165) is 11.1 Å². The normalized spacial score (nSPS) is 17.6. The lowest BCUT2D eigenvalue weighted by atomic mass is 10.1. The van der Waals surface area contributed by atoms with Crippen molar-refractivity contribution in [3.05, 3.63) is 58.0 Å². The molecule has 2 aromatic heterocycles. The summed E-state index contributed by atoms with van der Waals surface area (Å²) in [4.78, 5) is 19.9. The minimum absolute atomic E-state index is 0.000944. The van der Waals surface area contributed by atoms with Gasteiger partial charge in [0.15, 0.2) is 5.82 Å². The highest BCUT2D eigenvalue weighted by molar-refractivity contribution is 7.09. The topological polar surface area (TPSA) is 59.2 Å². The fourth-order valence-corrected chi connectivity index (χ4v) is 3.73. The molecule has 122 valence electrons. The van der Waals surface area contributed by atoms with Crippen LogP contribution in [0.4, 0.5) is 0 Å². The Labute approximate surface area is 143 Å². The first-order valence-electron chi connectivity index (χ1n) is 7.90. The molecule has 1 amide bonds. The SMILES string of the molecule is Cc1ccccc1-c1nc(C2CC(=O)N(Cc3cccs3)C2)no1. The first-order chi connectivity index (χ1) is 11.7. The first kappa shape index (κ1) is 15.1. The van der Waals surface area contributed by atoms with E-state index < -0.39 is 0 Å². The summed E-state index contributed by atoms with van der Waals surface area (Å²) in [7, 11) is 0. The zero-order valence-corrected chi connectivity index (χ0v) is 14.1. The van der Waals surface area contributed by atoms with Gasteiger partial charge in [-0.2, -0.15) is 4.98 Å². The van der Waals surface area contributed by atoms with Crippen LogP contribution >= 0.6 is 11.3 Å². The monoisotopic (exact) mass is 339 g/mol. The Morgan fingerprint density at radius 2 is 2.17 bits per heavy atom. The fourth-order valence-electron chi connectivity index (χ4n) is 3.01. The summed E-state index contributed by atoms with van der Waals surface area (Å²) in [5.41, 5.74) is 2.03. The van der Waals surface area contributed by atoms with Gasteiger partial charge in [0.1, 0.15) is 0 Å². The van der Waals surface area contributed by atoms with Crippen molar-refractivity contribution in [3.63, 3.8) is 0 Å². The first-order valence-corrected chi connectivity index (χ1v) is 8.78. The molecule has 1 unspecified atom stereocenters. The second kappa shape index (κ2) is 6.20. The van der Waals surface area contributed by atoms with Gasteiger partial charge in [0.05, 0.1) is 6.54 Å². The Hall–Kier alpha value is -2.47. The number of carbonyl (C=O) groups is 1. The molecular weight excluding hydrogens is 322 g/mol. The van der Waals surface area contributed by atoms with Crippen LogP contribution in [0, 0.1) is 6.92 Å². The van der Waals surface area contributed by atoms with Crippen molar-refractivity contribution in [1.29, 1.82) is 0 Å². The molecule has 1 aliphatic rings. The Morgan fingerprint density at radius 3 is 2.96 bits per heavy atom. The summed E-state index contributed by atoms with van der Waals surface area (Å²) in [5.74, 6) is 1.29. The van der Waals surface area contributed by atoms with Crippen LogP contribution in [0.3, 0.4) is 0 Å². The summed E-state index contributed by atoms with van der Waals surface area (Å²) in [6, 6.07) is 12.0. The molecule has 5 nitrogen and oxygen atoms in total. The van der Waals surface area contributed by atoms with Gasteiger partial charge in [-0.3, -0.25) is 4.79 Å². The number of rotatable bonds is 4. The van der Waals surface area contributed by atoms with E-state index in [-0.39, 0.29) is 11.8 Å². The van der Waals surface area contributed by atoms with Gasteiger partial charge in [-0.1, -0.05) is 29.4 Å². The Morgan fingerprint density at radius 1 is 1.29 bits per heavy atom. The van der Waals surface area contributed by atoms with Crippen molar-refractivity contribution in [1.82, 2.24) is 15.0 Å². The second-order valence-corrected chi connectivity index (χ2v) is 7.06. The lowest BCUT2D eigenvalue weighted by Crippen LogP contribution is -2.23. The number of benzene rings is 1. The maximum Gasteiger partial charge on any atom is 0.258 e. The van der Waals surface area contributed by atoms with Gasteiger partial charge in [0.2, 0.25) is 5.91 Å². The number of hydrogen-bond donors (Lipinski definition) is 0. The standard InChI is InChI=1S/C18H17N3O2S/c1-12-5-2-3-7-15(12)18-19-17(20-23-18)13-9-16(22)21(10-13)11-14-6-4-8-24-14/h2-8,13H,9-11H2,1H3. The molecule has 1 fully saturated rings. The Balaban J connectivity index is 1.51. The Bertz CT molecular complexity index is 857. The highest BCUT2D eigenvalue weighted by Gasteiger charge is 2.33.